The summed E-state index contributed by atoms with van der Waals surface area (Å²) in [7, 11) is 0. The highest BCUT2D eigenvalue weighted by Crippen LogP contribution is 2.40. The number of hydrogen-bond acceptors (Lipinski definition) is 3. The van der Waals surface area contributed by atoms with Crippen LogP contribution >= 0.6 is 70.5 Å². The lowest BCUT2D eigenvalue weighted by atomic mass is 10.1. The molecular weight excluding hydrogens is 438 g/mol. The molecule has 0 aromatic carbocycles. The molecule has 1 nitrogen and oxygen atoms in total. The van der Waals surface area contributed by atoms with Gasteiger partial charge in [-0.3, -0.25) is 0 Å². The van der Waals surface area contributed by atoms with E-state index < -0.39 is 0 Å². The summed E-state index contributed by atoms with van der Waals surface area (Å²) < 4.78 is 3.34. The van der Waals surface area contributed by atoms with Crippen LogP contribution in [0.1, 0.15) is 22.0 Å². The second-order valence-electron chi connectivity index (χ2n) is 3.36. The molecule has 0 amide bonds. The van der Waals surface area contributed by atoms with E-state index in [4.69, 9.17) is 5.73 Å². The molecule has 2 aromatic heterocycles. The van der Waals surface area contributed by atoms with Crippen molar-refractivity contribution in [3.8, 4) is 0 Å². The molecule has 0 saturated heterocycles. The van der Waals surface area contributed by atoms with Gasteiger partial charge in [0.1, 0.15) is 0 Å². The number of aryl methyl sites for hydroxylation is 1. The van der Waals surface area contributed by atoms with Gasteiger partial charge in [0.25, 0.3) is 0 Å². The normalized spacial score (nSPS) is 13.1. The third kappa shape index (κ3) is 2.62. The SMILES string of the molecule is Cc1cc(C(N)c2cc(Br)sc2Br)sc1Br. The topological polar surface area (TPSA) is 26.0 Å². The minimum atomic E-state index is -0.0630. The predicted molar refractivity (Wildman–Crippen MR) is 82.5 cm³/mol. The van der Waals surface area contributed by atoms with Crippen LogP contribution in [-0.4, -0.2) is 0 Å². The largest absolute Gasteiger partial charge is 0.320 e. The molecule has 2 heterocycles. The minimum absolute atomic E-state index is 0.0630. The maximum Gasteiger partial charge on any atom is 0.0761 e. The summed E-state index contributed by atoms with van der Waals surface area (Å²) in [5.74, 6) is 0. The zero-order valence-corrected chi connectivity index (χ0v) is 14.7. The van der Waals surface area contributed by atoms with Crippen LogP contribution in [0.5, 0.6) is 0 Å². The maximum absolute atomic E-state index is 6.26. The average molecular weight is 446 g/mol. The molecule has 0 aliphatic carbocycles. The molecule has 6 heteroatoms. The average Bonchev–Trinajstić information content (AvgIpc) is 2.70. The summed E-state index contributed by atoms with van der Waals surface area (Å²) in [5.41, 5.74) is 8.63. The molecule has 0 bridgehead atoms. The highest BCUT2D eigenvalue weighted by molar-refractivity contribution is 9.12. The summed E-state index contributed by atoms with van der Waals surface area (Å²) in [6.45, 7) is 2.08. The van der Waals surface area contributed by atoms with Crippen LogP contribution in [0.3, 0.4) is 0 Å². The summed E-state index contributed by atoms with van der Waals surface area (Å²) in [6.07, 6.45) is 0. The fourth-order valence-corrected chi connectivity index (χ4v) is 5.88. The van der Waals surface area contributed by atoms with Crippen LogP contribution < -0.4 is 5.73 Å². The lowest BCUT2D eigenvalue weighted by Gasteiger charge is -2.07. The van der Waals surface area contributed by atoms with Gasteiger partial charge in [0, 0.05) is 10.4 Å². The molecule has 2 rings (SSSR count). The molecule has 1 unspecified atom stereocenters. The van der Waals surface area contributed by atoms with Crippen molar-refractivity contribution in [3.63, 3.8) is 0 Å². The Hall–Kier alpha value is 0.800. The molecule has 0 radical (unpaired) electrons. The van der Waals surface area contributed by atoms with Crippen molar-refractivity contribution in [3.05, 3.63) is 39.5 Å². The van der Waals surface area contributed by atoms with Gasteiger partial charge in [-0.05, 0) is 72.4 Å². The molecule has 0 aliphatic rings. The molecule has 86 valence electrons. The highest BCUT2D eigenvalue weighted by Gasteiger charge is 2.17. The molecule has 0 saturated carbocycles. The summed E-state index contributed by atoms with van der Waals surface area (Å²) in [4.78, 5) is 1.18. The maximum atomic E-state index is 6.26. The van der Waals surface area contributed by atoms with Crippen molar-refractivity contribution >= 4 is 70.5 Å². The quantitative estimate of drug-likeness (QED) is 0.653. The van der Waals surface area contributed by atoms with Crippen molar-refractivity contribution in [2.75, 3.05) is 0 Å². The van der Waals surface area contributed by atoms with Gasteiger partial charge in [0.05, 0.1) is 17.4 Å². The van der Waals surface area contributed by atoms with Gasteiger partial charge in [-0.1, -0.05) is 0 Å². The minimum Gasteiger partial charge on any atom is -0.320 e. The Morgan fingerprint density at radius 1 is 1.12 bits per heavy atom. The molecule has 0 fully saturated rings. The van der Waals surface area contributed by atoms with Gasteiger partial charge in [-0.2, -0.15) is 0 Å². The van der Waals surface area contributed by atoms with Crippen molar-refractivity contribution in [1.82, 2.24) is 0 Å². The van der Waals surface area contributed by atoms with Crippen LogP contribution in [0.15, 0.2) is 23.5 Å². The Bertz CT molecular complexity index is 499. The van der Waals surface area contributed by atoms with Crippen LogP contribution in [-0.2, 0) is 0 Å². The monoisotopic (exact) mass is 443 g/mol. The fourth-order valence-electron chi connectivity index (χ4n) is 1.36. The second-order valence-corrected chi connectivity index (χ2v) is 9.51. The Kier molecular flexibility index (Phi) is 4.30. The highest BCUT2D eigenvalue weighted by atomic mass is 79.9. The lowest BCUT2D eigenvalue weighted by Crippen LogP contribution is -2.09. The van der Waals surface area contributed by atoms with Crippen LogP contribution in [0.2, 0.25) is 0 Å². The summed E-state index contributed by atoms with van der Waals surface area (Å²) in [5, 5.41) is 0. The van der Waals surface area contributed by atoms with Crippen LogP contribution in [0.25, 0.3) is 0 Å². The Morgan fingerprint density at radius 2 is 1.81 bits per heavy atom. The lowest BCUT2D eigenvalue weighted by molar-refractivity contribution is 0.893. The van der Waals surface area contributed by atoms with E-state index >= 15 is 0 Å². The van der Waals surface area contributed by atoms with E-state index in [0.717, 1.165) is 16.9 Å². The summed E-state index contributed by atoms with van der Waals surface area (Å²) >= 11 is 13.9. The smallest absolute Gasteiger partial charge is 0.0761 e. The molecule has 0 spiro atoms. The van der Waals surface area contributed by atoms with Crippen LogP contribution in [0.4, 0.5) is 0 Å². The number of hydrogen-bond donors (Lipinski definition) is 1. The van der Waals surface area contributed by atoms with Crippen molar-refractivity contribution in [1.29, 1.82) is 0 Å². The molecular formula is C10H8Br3NS2. The van der Waals surface area contributed by atoms with E-state index in [-0.39, 0.29) is 6.04 Å². The number of rotatable bonds is 2. The van der Waals surface area contributed by atoms with Crippen molar-refractivity contribution in [2.45, 2.75) is 13.0 Å². The first kappa shape index (κ1) is 13.2. The summed E-state index contributed by atoms with van der Waals surface area (Å²) in [6, 6.07) is 4.15. The van der Waals surface area contributed by atoms with E-state index in [2.05, 4.69) is 66.8 Å². The second kappa shape index (κ2) is 5.20. The first-order valence-electron chi connectivity index (χ1n) is 4.45. The van der Waals surface area contributed by atoms with E-state index in [0.29, 0.717) is 0 Å². The third-order valence-corrected chi connectivity index (χ3v) is 6.81. The standard InChI is InChI=1S/C10H8Br3NS2/c1-4-2-6(15-9(4)12)8(14)5-3-7(11)16-10(5)13/h2-3,8H,14H2,1H3. The zero-order valence-electron chi connectivity index (χ0n) is 8.26. The van der Waals surface area contributed by atoms with E-state index in [9.17, 15) is 0 Å². The van der Waals surface area contributed by atoms with E-state index in [1.807, 2.05) is 0 Å². The Labute approximate surface area is 127 Å². The third-order valence-electron chi connectivity index (χ3n) is 2.20. The van der Waals surface area contributed by atoms with E-state index in [1.54, 1.807) is 22.7 Å². The van der Waals surface area contributed by atoms with Gasteiger partial charge < -0.3 is 5.73 Å². The van der Waals surface area contributed by atoms with Gasteiger partial charge in [0.15, 0.2) is 0 Å². The number of thiophene rings is 2. The number of nitrogens with two attached hydrogens (primary N) is 1. The van der Waals surface area contributed by atoms with Crippen molar-refractivity contribution in [2.24, 2.45) is 5.73 Å². The molecule has 2 N–H and O–H groups in total. The van der Waals surface area contributed by atoms with Crippen molar-refractivity contribution < 1.29 is 0 Å². The first-order chi connectivity index (χ1) is 7.49. The number of halogens is 3. The zero-order chi connectivity index (χ0) is 11.9. The van der Waals surface area contributed by atoms with Gasteiger partial charge in [-0.15, -0.1) is 22.7 Å². The Balaban J connectivity index is 2.38. The predicted octanol–water partition coefficient (Wildman–Crippen LogP) is 5.45. The van der Waals surface area contributed by atoms with Crippen LogP contribution in [0, 0.1) is 6.92 Å². The molecule has 0 aliphatic heterocycles. The first-order valence-corrected chi connectivity index (χ1v) is 8.46. The van der Waals surface area contributed by atoms with Gasteiger partial charge in [-0.25, -0.2) is 0 Å². The fraction of sp³-hybridized carbons (Fsp3) is 0.200. The Morgan fingerprint density at radius 3 is 2.25 bits per heavy atom. The van der Waals surface area contributed by atoms with E-state index in [1.165, 1.54) is 10.4 Å². The molecule has 16 heavy (non-hydrogen) atoms. The van der Waals surface area contributed by atoms with Gasteiger partial charge >= 0.3 is 0 Å². The molecule has 2 aromatic rings. The molecule has 1 atom stereocenters. The van der Waals surface area contributed by atoms with Gasteiger partial charge in [0.2, 0.25) is 0 Å².